The van der Waals surface area contributed by atoms with Gasteiger partial charge in [0.1, 0.15) is 6.33 Å². The maximum absolute atomic E-state index is 12.4. The Labute approximate surface area is 273 Å². The number of amides is 1. The van der Waals surface area contributed by atoms with Gasteiger partial charge in [0.05, 0.1) is 18.8 Å². The number of carboxylic acids is 1. The number of carbonyl (C=O) groups excluding carboxylic acids is 1. The molecule has 1 aliphatic heterocycles. The molecule has 3 unspecified atom stereocenters. The fourth-order valence-electron chi connectivity index (χ4n) is 5.39. The van der Waals surface area contributed by atoms with Crippen LogP contribution in [0.15, 0.2) is 84.3 Å². The zero-order valence-corrected chi connectivity index (χ0v) is 26.7. The number of aromatic nitrogens is 3. The van der Waals surface area contributed by atoms with Gasteiger partial charge in [-0.05, 0) is 40.7 Å². The molecule has 242 valence electrons. The van der Waals surface area contributed by atoms with E-state index < -0.39 is 12.3 Å². The van der Waals surface area contributed by atoms with Gasteiger partial charge in [-0.3, -0.25) is 9.59 Å². The van der Waals surface area contributed by atoms with Crippen LogP contribution >= 0.6 is 11.8 Å². The first-order valence-electron chi connectivity index (χ1n) is 15.5. The van der Waals surface area contributed by atoms with Crippen molar-refractivity contribution in [3.63, 3.8) is 0 Å². The second-order valence-electron chi connectivity index (χ2n) is 11.4. The van der Waals surface area contributed by atoms with Crippen molar-refractivity contribution in [2.75, 3.05) is 5.75 Å². The van der Waals surface area contributed by atoms with Gasteiger partial charge in [0, 0.05) is 44.2 Å². The summed E-state index contributed by atoms with van der Waals surface area (Å²) in [7, 11) is 1.92. The number of nitrogens with one attached hydrogen (secondary N) is 1. The molecule has 0 radical (unpaired) electrons. The predicted octanol–water partition coefficient (Wildman–Crippen LogP) is 5.96. The highest BCUT2D eigenvalue weighted by Gasteiger charge is 2.32. The third-order valence-electron chi connectivity index (χ3n) is 7.96. The highest BCUT2D eigenvalue weighted by molar-refractivity contribution is 7.99. The van der Waals surface area contributed by atoms with Crippen molar-refractivity contribution in [3.05, 3.63) is 101 Å². The van der Waals surface area contributed by atoms with Gasteiger partial charge in [0.25, 0.3) is 0 Å². The van der Waals surface area contributed by atoms with Crippen LogP contribution in [0.5, 0.6) is 0 Å². The fraction of sp³-hybridized carbons (Fsp3) is 0.371. The highest BCUT2D eigenvalue weighted by Crippen LogP contribution is 2.40. The lowest BCUT2D eigenvalue weighted by atomic mass is 9.97. The summed E-state index contributed by atoms with van der Waals surface area (Å²) in [5.41, 5.74) is 5.84. The monoisotopic (exact) mass is 644 g/mol. The molecule has 2 heterocycles. The van der Waals surface area contributed by atoms with Crippen LogP contribution in [0.25, 0.3) is 11.1 Å². The second-order valence-corrected chi connectivity index (χ2v) is 12.4. The molecule has 3 aromatic carbocycles. The molecule has 1 aromatic heterocycles. The molecule has 46 heavy (non-hydrogen) atoms. The number of nitrogens with zero attached hydrogens (tertiary/aromatic N) is 3. The molecule has 3 N–H and O–H groups in total. The van der Waals surface area contributed by atoms with E-state index in [1.54, 1.807) is 18.1 Å². The summed E-state index contributed by atoms with van der Waals surface area (Å²) in [6.45, 7) is 0.398. The zero-order valence-electron chi connectivity index (χ0n) is 25.9. The Kier molecular flexibility index (Phi) is 12.0. The molecule has 0 spiro atoms. The third kappa shape index (κ3) is 9.26. The van der Waals surface area contributed by atoms with Gasteiger partial charge >= 0.3 is 5.97 Å². The van der Waals surface area contributed by atoms with Gasteiger partial charge in [-0.25, -0.2) is 0 Å². The van der Waals surface area contributed by atoms with Crippen LogP contribution in [0.1, 0.15) is 73.2 Å². The quantitative estimate of drug-likeness (QED) is 0.106. The number of aliphatic carboxylic acids is 1. The standard InChI is InChI=1S/C35H40N4O6S/c1-39-23-37-38-35(39)46-22-29-19-31(26-13-11-24(21-40)12-14-26)45-34(44-29)27-17-15-25(16-18-27)30-8-6-5-7-28(30)20-36-32(41)9-3-2-4-10-33(42)43/h5-8,11-18,23,29,31,34,40H,2-4,9-10,19-22H2,1H3,(H,36,41)(H,42,43). The minimum atomic E-state index is -0.806. The summed E-state index contributed by atoms with van der Waals surface area (Å²) >= 11 is 1.60. The summed E-state index contributed by atoms with van der Waals surface area (Å²) in [6.07, 6.45) is 4.00. The molecule has 5 rings (SSSR count). The number of benzene rings is 3. The van der Waals surface area contributed by atoms with Crippen molar-refractivity contribution in [2.45, 2.75) is 75.3 Å². The molecular formula is C35H40N4O6S. The molecule has 1 fully saturated rings. The van der Waals surface area contributed by atoms with E-state index in [0.29, 0.717) is 38.0 Å². The van der Waals surface area contributed by atoms with Gasteiger partial charge in [-0.2, -0.15) is 0 Å². The van der Waals surface area contributed by atoms with Gasteiger partial charge in [0.2, 0.25) is 5.91 Å². The Bertz CT molecular complexity index is 1580. The number of unbranched alkanes of at least 4 members (excludes halogenated alkanes) is 2. The minimum absolute atomic E-state index is 0.00741. The van der Waals surface area contributed by atoms with Crippen molar-refractivity contribution in [1.29, 1.82) is 0 Å². The summed E-state index contributed by atoms with van der Waals surface area (Å²) < 4.78 is 14.9. The molecule has 10 nitrogen and oxygen atoms in total. The van der Waals surface area contributed by atoms with E-state index >= 15 is 0 Å². The lowest BCUT2D eigenvalue weighted by Gasteiger charge is -2.36. The maximum atomic E-state index is 12.4. The van der Waals surface area contributed by atoms with Gasteiger partial charge in [0.15, 0.2) is 11.4 Å². The minimum Gasteiger partial charge on any atom is -0.481 e. The molecule has 0 aliphatic carbocycles. The average Bonchev–Trinajstić information content (AvgIpc) is 3.50. The van der Waals surface area contributed by atoms with E-state index in [1.807, 2.05) is 84.4 Å². The van der Waals surface area contributed by atoms with Crippen molar-refractivity contribution < 1.29 is 29.3 Å². The largest absolute Gasteiger partial charge is 0.481 e. The zero-order chi connectivity index (χ0) is 32.3. The van der Waals surface area contributed by atoms with Crippen LogP contribution < -0.4 is 5.32 Å². The number of hydrogen-bond acceptors (Lipinski definition) is 8. The Morgan fingerprint density at radius 1 is 0.957 bits per heavy atom. The topological polar surface area (TPSA) is 136 Å². The third-order valence-corrected chi connectivity index (χ3v) is 9.13. The smallest absolute Gasteiger partial charge is 0.303 e. The number of ether oxygens (including phenoxy) is 2. The van der Waals surface area contributed by atoms with Crippen molar-refractivity contribution in [2.24, 2.45) is 7.05 Å². The summed E-state index contributed by atoms with van der Waals surface area (Å²) in [5.74, 6) is -0.156. The van der Waals surface area contributed by atoms with Gasteiger partial charge in [-0.1, -0.05) is 91.0 Å². The Hall–Kier alpha value is -4.03. The molecule has 3 atom stereocenters. The summed E-state index contributed by atoms with van der Waals surface area (Å²) in [5, 5.41) is 30.3. The number of aryl methyl sites for hydroxylation is 1. The average molecular weight is 645 g/mol. The van der Waals surface area contributed by atoms with E-state index in [1.165, 1.54) is 0 Å². The van der Waals surface area contributed by atoms with Crippen LogP contribution in [-0.4, -0.2) is 48.7 Å². The second kappa shape index (κ2) is 16.5. The van der Waals surface area contributed by atoms with Crippen molar-refractivity contribution >= 4 is 23.6 Å². The van der Waals surface area contributed by atoms with Crippen LogP contribution in [0.2, 0.25) is 0 Å². The molecule has 0 saturated carbocycles. The number of carboxylic acid groups (broad SMARTS) is 1. The number of hydrogen-bond donors (Lipinski definition) is 3. The van der Waals surface area contributed by atoms with E-state index in [0.717, 1.165) is 45.0 Å². The molecule has 1 saturated heterocycles. The van der Waals surface area contributed by atoms with Crippen molar-refractivity contribution in [3.8, 4) is 11.1 Å². The maximum Gasteiger partial charge on any atom is 0.303 e. The first kappa shape index (κ1) is 33.3. The van der Waals surface area contributed by atoms with Crippen LogP contribution in [0.3, 0.4) is 0 Å². The van der Waals surface area contributed by atoms with Crippen molar-refractivity contribution in [1.82, 2.24) is 20.1 Å². The molecule has 1 aliphatic rings. The Morgan fingerprint density at radius 2 is 1.70 bits per heavy atom. The lowest BCUT2D eigenvalue weighted by molar-refractivity contribution is -0.245. The molecule has 1 amide bonds. The van der Waals surface area contributed by atoms with Crippen LogP contribution in [-0.2, 0) is 39.3 Å². The van der Waals surface area contributed by atoms with Gasteiger partial charge < -0.3 is 29.6 Å². The number of aliphatic hydroxyl groups is 1. The first-order valence-corrected chi connectivity index (χ1v) is 16.5. The lowest BCUT2D eigenvalue weighted by Crippen LogP contribution is -2.31. The predicted molar refractivity (Wildman–Crippen MR) is 175 cm³/mol. The molecular weight excluding hydrogens is 604 g/mol. The molecule has 4 aromatic rings. The van der Waals surface area contributed by atoms with Gasteiger partial charge in [-0.15, -0.1) is 10.2 Å². The van der Waals surface area contributed by atoms with E-state index in [-0.39, 0.29) is 31.1 Å². The number of carbonyl (C=O) groups is 2. The normalized spacial score (nSPS) is 17.9. The van der Waals surface area contributed by atoms with E-state index in [4.69, 9.17) is 14.6 Å². The highest BCUT2D eigenvalue weighted by atomic mass is 32.2. The Morgan fingerprint density at radius 3 is 2.41 bits per heavy atom. The molecule has 0 bridgehead atoms. The summed E-state index contributed by atoms with van der Waals surface area (Å²) in [6, 6.07) is 24.0. The number of aliphatic hydroxyl groups excluding tert-OH is 1. The number of rotatable bonds is 15. The molecule has 11 heteroatoms. The Balaban J connectivity index is 1.25. The van der Waals surface area contributed by atoms with E-state index in [9.17, 15) is 14.7 Å². The van der Waals surface area contributed by atoms with E-state index in [2.05, 4.69) is 15.5 Å². The fourth-order valence-corrected chi connectivity index (χ4v) is 6.30. The summed E-state index contributed by atoms with van der Waals surface area (Å²) in [4.78, 5) is 23.1. The van der Waals surface area contributed by atoms with Crippen LogP contribution in [0, 0.1) is 0 Å². The van der Waals surface area contributed by atoms with Crippen LogP contribution in [0.4, 0.5) is 0 Å². The SMILES string of the molecule is Cn1cnnc1SCC1CC(c2ccc(CO)cc2)OC(c2ccc(-c3ccccc3CNC(=O)CCCCCC(=O)O)cc2)O1. The first-order chi connectivity index (χ1) is 22.4. The number of thioether (sulfide) groups is 1.